The number of nitrogens with zero attached hydrogens (tertiary/aromatic N) is 2. The Morgan fingerprint density at radius 2 is 2.18 bits per heavy atom. The van der Waals surface area contributed by atoms with Gasteiger partial charge in [-0.15, -0.1) is 0 Å². The average molecular weight is 242 g/mol. The second-order valence-electron chi connectivity index (χ2n) is 4.87. The predicted octanol–water partition coefficient (Wildman–Crippen LogP) is 0.173. The Hall–Kier alpha value is -0.650. The average Bonchev–Trinajstić information content (AvgIpc) is 2.36. The molecule has 0 aromatic carbocycles. The number of carbonyl (C=O) groups excluding carboxylic acids is 1. The van der Waals surface area contributed by atoms with Crippen LogP contribution in [0.15, 0.2) is 0 Å². The van der Waals surface area contributed by atoms with E-state index in [-0.39, 0.29) is 5.91 Å². The van der Waals surface area contributed by atoms with Crippen molar-refractivity contribution < 1.29 is 4.79 Å². The van der Waals surface area contributed by atoms with Gasteiger partial charge >= 0.3 is 0 Å². The molecule has 1 heterocycles. The minimum Gasteiger partial charge on any atom is -0.301 e. The summed E-state index contributed by atoms with van der Waals surface area (Å²) in [6.45, 7) is 6.81. The summed E-state index contributed by atoms with van der Waals surface area (Å²) >= 11 is 0. The van der Waals surface area contributed by atoms with E-state index in [0.29, 0.717) is 12.5 Å². The van der Waals surface area contributed by atoms with Crippen molar-refractivity contribution >= 4 is 5.91 Å². The number of nitrogens with two attached hydrogens (primary N) is 1. The second-order valence-corrected chi connectivity index (χ2v) is 4.87. The number of amides is 1. The predicted molar refractivity (Wildman–Crippen MR) is 69.3 cm³/mol. The van der Waals surface area contributed by atoms with Crippen LogP contribution in [0.25, 0.3) is 0 Å². The van der Waals surface area contributed by atoms with Crippen LogP contribution in [-0.2, 0) is 4.79 Å². The maximum atomic E-state index is 10.9. The molecule has 1 saturated heterocycles. The molecular formula is C12H26N4O. The van der Waals surface area contributed by atoms with Crippen molar-refractivity contribution in [2.45, 2.75) is 38.6 Å². The van der Waals surface area contributed by atoms with Gasteiger partial charge in [0.05, 0.1) is 0 Å². The van der Waals surface area contributed by atoms with Crippen LogP contribution in [0, 0.1) is 0 Å². The SMILES string of the molecule is CCC1CN(CCCCC(=O)NN)CCN1C. The molecule has 5 nitrogen and oxygen atoms in total. The lowest BCUT2D eigenvalue weighted by Gasteiger charge is -2.39. The Morgan fingerprint density at radius 1 is 1.41 bits per heavy atom. The summed E-state index contributed by atoms with van der Waals surface area (Å²) in [5.74, 6) is 4.97. The van der Waals surface area contributed by atoms with Crippen molar-refractivity contribution in [3.05, 3.63) is 0 Å². The van der Waals surface area contributed by atoms with Gasteiger partial charge in [-0.25, -0.2) is 5.84 Å². The first-order valence-electron chi connectivity index (χ1n) is 6.59. The third-order valence-corrected chi connectivity index (χ3v) is 3.62. The standard InChI is InChI=1S/C12H26N4O/c1-3-11-10-16(9-8-15(11)2)7-5-4-6-12(17)14-13/h11H,3-10,13H2,1-2H3,(H,14,17). The summed E-state index contributed by atoms with van der Waals surface area (Å²) in [7, 11) is 2.21. The topological polar surface area (TPSA) is 61.6 Å². The largest absolute Gasteiger partial charge is 0.301 e. The van der Waals surface area contributed by atoms with Crippen molar-refractivity contribution in [1.82, 2.24) is 15.2 Å². The molecule has 17 heavy (non-hydrogen) atoms. The molecular weight excluding hydrogens is 216 g/mol. The molecule has 0 aromatic rings. The number of unbranched alkanes of at least 4 members (excludes halogenated alkanes) is 1. The second kappa shape index (κ2) is 7.63. The number of hydrogen-bond donors (Lipinski definition) is 2. The summed E-state index contributed by atoms with van der Waals surface area (Å²) in [5.41, 5.74) is 2.17. The molecule has 1 rings (SSSR count). The maximum absolute atomic E-state index is 10.9. The van der Waals surface area contributed by atoms with Crippen LogP contribution in [0.5, 0.6) is 0 Å². The zero-order chi connectivity index (χ0) is 12.7. The van der Waals surface area contributed by atoms with Crippen molar-refractivity contribution in [1.29, 1.82) is 0 Å². The van der Waals surface area contributed by atoms with E-state index in [1.807, 2.05) is 0 Å². The smallest absolute Gasteiger partial charge is 0.233 e. The van der Waals surface area contributed by atoms with Crippen molar-refractivity contribution in [2.24, 2.45) is 5.84 Å². The fourth-order valence-electron chi connectivity index (χ4n) is 2.35. The fraction of sp³-hybridized carbons (Fsp3) is 0.917. The maximum Gasteiger partial charge on any atom is 0.233 e. The lowest BCUT2D eigenvalue weighted by atomic mass is 10.1. The number of hydrazine groups is 1. The molecule has 1 unspecified atom stereocenters. The molecule has 1 aliphatic rings. The highest BCUT2D eigenvalue weighted by molar-refractivity contribution is 5.75. The lowest BCUT2D eigenvalue weighted by molar-refractivity contribution is -0.121. The number of hydrogen-bond acceptors (Lipinski definition) is 4. The third kappa shape index (κ3) is 5.02. The van der Waals surface area contributed by atoms with Gasteiger partial charge in [-0.1, -0.05) is 6.92 Å². The van der Waals surface area contributed by atoms with Crippen LogP contribution in [0.2, 0.25) is 0 Å². The molecule has 0 bridgehead atoms. The quantitative estimate of drug-likeness (QED) is 0.302. The van der Waals surface area contributed by atoms with Gasteiger partial charge in [-0.3, -0.25) is 10.2 Å². The van der Waals surface area contributed by atoms with Crippen LogP contribution in [0.4, 0.5) is 0 Å². The highest BCUT2D eigenvalue weighted by Crippen LogP contribution is 2.11. The molecule has 0 radical (unpaired) electrons. The number of rotatable bonds is 6. The Kier molecular flexibility index (Phi) is 6.47. The van der Waals surface area contributed by atoms with Crippen LogP contribution < -0.4 is 11.3 Å². The molecule has 1 atom stereocenters. The van der Waals surface area contributed by atoms with Gasteiger partial charge in [0.1, 0.15) is 0 Å². The van der Waals surface area contributed by atoms with Gasteiger partial charge in [0.2, 0.25) is 5.91 Å². The van der Waals surface area contributed by atoms with Gasteiger partial charge in [0.15, 0.2) is 0 Å². The van der Waals surface area contributed by atoms with Gasteiger partial charge in [0, 0.05) is 32.1 Å². The van der Waals surface area contributed by atoms with E-state index in [9.17, 15) is 4.79 Å². The summed E-state index contributed by atoms with van der Waals surface area (Å²) in [5, 5.41) is 0. The minimum atomic E-state index is -0.0604. The monoisotopic (exact) mass is 242 g/mol. The molecule has 0 aromatic heterocycles. The van der Waals surface area contributed by atoms with Gasteiger partial charge < -0.3 is 9.80 Å². The Balaban J connectivity index is 2.13. The van der Waals surface area contributed by atoms with Gasteiger partial charge in [-0.2, -0.15) is 0 Å². The van der Waals surface area contributed by atoms with Crippen LogP contribution in [-0.4, -0.2) is 55.0 Å². The number of likely N-dealkylation sites (N-methyl/N-ethyl adjacent to an activating group) is 1. The van der Waals surface area contributed by atoms with Gasteiger partial charge in [0.25, 0.3) is 0 Å². The molecule has 0 spiro atoms. The molecule has 0 aliphatic carbocycles. The van der Waals surface area contributed by atoms with Crippen molar-refractivity contribution in [3.63, 3.8) is 0 Å². The summed E-state index contributed by atoms with van der Waals surface area (Å²) < 4.78 is 0. The Bertz CT molecular complexity index is 235. The zero-order valence-electron chi connectivity index (χ0n) is 11.1. The number of carbonyl (C=O) groups is 1. The lowest BCUT2D eigenvalue weighted by Crippen LogP contribution is -2.51. The summed E-state index contributed by atoms with van der Waals surface area (Å²) in [4.78, 5) is 15.9. The normalized spacial score (nSPS) is 22.6. The zero-order valence-corrected chi connectivity index (χ0v) is 11.1. The molecule has 1 amide bonds. The molecule has 0 saturated carbocycles. The van der Waals surface area contributed by atoms with E-state index in [0.717, 1.165) is 39.0 Å². The third-order valence-electron chi connectivity index (χ3n) is 3.62. The van der Waals surface area contributed by atoms with E-state index in [4.69, 9.17) is 5.84 Å². The Labute approximate surface area is 104 Å². The molecule has 1 aliphatic heterocycles. The summed E-state index contributed by atoms with van der Waals surface area (Å²) in [6.07, 6.45) is 3.75. The van der Waals surface area contributed by atoms with Crippen molar-refractivity contribution in [2.75, 3.05) is 33.2 Å². The highest BCUT2D eigenvalue weighted by Gasteiger charge is 2.21. The molecule has 3 N–H and O–H groups in total. The minimum absolute atomic E-state index is 0.0604. The highest BCUT2D eigenvalue weighted by atomic mass is 16.2. The molecule has 5 heteroatoms. The first kappa shape index (κ1) is 14.4. The van der Waals surface area contributed by atoms with E-state index < -0.39 is 0 Å². The first-order valence-corrected chi connectivity index (χ1v) is 6.59. The number of piperazine rings is 1. The van der Waals surface area contributed by atoms with Crippen LogP contribution in [0.1, 0.15) is 32.6 Å². The van der Waals surface area contributed by atoms with E-state index in [1.54, 1.807) is 0 Å². The molecule has 100 valence electrons. The van der Waals surface area contributed by atoms with Crippen LogP contribution in [0.3, 0.4) is 0 Å². The van der Waals surface area contributed by atoms with Gasteiger partial charge in [-0.05, 0) is 32.9 Å². The van der Waals surface area contributed by atoms with E-state index >= 15 is 0 Å². The van der Waals surface area contributed by atoms with E-state index in [2.05, 4.69) is 29.2 Å². The number of nitrogens with one attached hydrogen (secondary N) is 1. The first-order chi connectivity index (χ1) is 8.17. The van der Waals surface area contributed by atoms with Crippen LogP contribution >= 0.6 is 0 Å². The van der Waals surface area contributed by atoms with E-state index in [1.165, 1.54) is 6.42 Å². The summed E-state index contributed by atoms with van der Waals surface area (Å²) in [6, 6.07) is 0.691. The fourth-order valence-corrected chi connectivity index (χ4v) is 2.35. The molecule has 1 fully saturated rings. The van der Waals surface area contributed by atoms with Crippen molar-refractivity contribution in [3.8, 4) is 0 Å². The Morgan fingerprint density at radius 3 is 2.82 bits per heavy atom.